The van der Waals surface area contributed by atoms with Gasteiger partial charge in [-0.3, -0.25) is 4.90 Å². The lowest BCUT2D eigenvalue weighted by molar-refractivity contribution is 0.215. The molecule has 1 heterocycles. The number of hydrogen-bond donors (Lipinski definition) is 1. The first-order chi connectivity index (χ1) is 11.1. The Hall–Kier alpha value is -2.27. The monoisotopic (exact) mass is 329 g/mol. The summed E-state index contributed by atoms with van der Waals surface area (Å²) in [6.07, 6.45) is 1.81. The quantitative estimate of drug-likeness (QED) is 0.621. The number of aromatic nitrogens is 3. The third-order valence-corrected chi connectivity index (χ3v) is 3.94. The molecule has 0 aliphatic carbocycles. The van der Waals surface area contributed by atoms with Crippen molar-refractivity contribution in [2.24, 2.45) is 7.05 Å². The zero-order valence-electron chi connectivity index (χ0n) is 13.0. The molecule has 0 spiro atoms. The molecule has 2 rings (SSSR count). The van der Waals surface area contributed by atoms with E-state index in [1.54, 1.807) is 22.4 Å². The Morgan fingerprint density at radius 3 is 2.91 bits per heavy atom. The summed E-state index contributed by atoms with van der Waals surface area (Å²) in [6.45, 7) is 5.42. The maximum atomic E-state index is 9.28. The molecule has 6 nitrogen and oxygen atoms in total. The Labute approximate surface area is 140 Å². The highest BCUT2D eigenvalue weighted by molar-refractivity contribution is 7.71. The molecule has 120 valence electrons. The van der Waals surface area contributed by atoms with Gasteiger partial charge in [-0.1, -0.05) is 18.2 Å². The largest absolute Gasteiger partial charge is 0.388 e. The molecule has 0 saturated carbocycles. The number of rotatable bonds is 7. The van der Waals surface area contributed by atoms with Crippen molar-refractivity contribution in [2.45, 2.75) is 19.8 Å². The fourth-order valence-corrected chi connectivity index (χ4v) is 2.51. The van der Waals surface area contributed by atoms with Crippen LogP contribution < -0.4 is 0 Å². The van der Waals surface area contributed by atoms with Crippen molar-refractivity contribution >= 4 is 12.2 Å². The standard InChI is InChI=1S/C16H19N5OS/c1-3-7-20(10-14-6-4-5-13(8-14)9-17)12-21-16(23)19(2)15(11-22)18-21/h3-6,8,22H,1,7,10-12H2,2H3. The molecule has 1 aromatic carbocycles. The van der Waals surface area contributed by atoms with Gasteiger partial charge in [0.15, 0.2) is 10.6 Å². The van der Waals surface area contributed by atoms with Crippen LogP contribution in [0.3, 0.4) is 0 Å². The highest BCUT2D eigenvalue weighted by Gasteiger charge is 2.11. The highest BCUT2D eigenvalue weighted by Crippen LogP contribution is 2.10. The van der Waals surface area contributed by atoms with Gasteiger partial charge in [0, 0.05) is 20.1 Å². The van der Waals surface area contributed by atoms with E-state index in [2.05, 4.69) is 22.6 Å². The minimum absolute atomic E-state index is 0.154. The van der Waals surface area contributed by atoms with Gasteiger partial charge >= 0.3 is 0 Å². The van der Waals surface area contributed by atoms with E-state index in [1.165, 1.54) is 0 Å². The third-order valence-electron chi connectivity index (χ3n) is 3.46. The van der Waals surface area contributed by atoms with Crippen molar-refractivity contribution in [2.75, 3.05) is 6.54 Å². The second-order valence-electron chi connectivity index (χ2n) is 5.17. The molecule has 0 amide bonds. The Morgan fingerprint density at radius 1 is 1.52 bits per heavy atom. The van der Waals surface area contributed by atoms with Gasteiger partial charge in [0.05, 0.1) is 18.3 Å². The normalized spacial score (nSPS) is 10.7. The van der Waals surface area contributed by atoms with Gasteiger partial charge in [0.1, 0.15) is 6.61 Å². The molecule has 0 saturated heterocycles. The van der Waals surface area contributed by atoms with Gasteiger partial charge in [0.2, 0.25) is 0 Å². The zero-order chi connectivity index (χ0) is 16.8. The van der Waals surface area contributed by atoms with Crippen LogP contribution in [0, 0.1) is 16.1 Å². The summed E-state index contributed by atoms with van der Waals surface area (Å²) in [6, 6.07) is 9.65. The van der Waals surface area contributed by atoms with Crippen molar-refractivity contribution in [3.8, 4) is 6.07 Å². The summed E-state index contributed by atoms with van der Waals surface area (Å²) in [5, 5.41) is 22.6. The Balaban J connectivity index is 2.20. The van der Waals surface area contributed by atoms with E-state index in [1.807, 2.05) is 24.3 Å². The first-order valence-electron chi connectivity index (χ1n) is 7.15. The van der Waals surface area contributed by atoms with Crippen LogP contribution in [0.5, 0.6) is 0 Å². The molecule has 1 N–H and O–H groups in total. The molecule has 0 fully saturated rings. The third kappa shape index (κ3) is 4.13. The molecule has 23 heavy (non-hydrogen) atoms. The van der Waals surface area contributed by atoms with E-state index in [0.717, 1.165) is 5.56 Å². The van der Waals surface area contributed by atoms with Crippen molar-refractivity contribution in [1.82, 2.24) is 19.2 Å². The summed E-state index contributed by atoms with van der Waals surface area (Å²) < 4.78 is 3.92. The lowest BCUT2D eigenvalue weighted by atomic mass is 10.1. The zero-order valence-corrected chi connectivity index (χ0v) is 13.8. The number of nitriles is 1. The maximum absolute atomic E-state index is 9.28. The number of aliphatic hydroxyl groups excluding tert-OH is 1. The van der Waals surface area contributed by atoms with E-state index in [0.29, 0.717) is 35.9 Å². The Kier molecular flexibility index (Phi) is 5.82. The fraction of sp³-hybridized carbons (Fsp3) is 0.312. The molecule has 0 aliphatic heterocycles. The molecule has 1 aromatic heterocycles. The van der Waals surface area contributed by atoms with Gasteiger partial charge < -0.3 is 9.67 Å². The molecule has 0 radical (unpaired) electrons. The number of hydrogen-bond acceptors (Lipinski definition) is 5. The lowest BCUT2D eigenvalue weighted by Gasteiger charge is -2.20. The van der Waals surface area contributed by atoms with Crippen LogP contribution >= 0.6 is 12.2 Å². The lowest BCUT2D eigenvalue weighted by Crippen LogP contribution is -2.27. The van der Waals surface area contributed by atoms with Crippen molar-refractivity contribution in [3.63, 3.8) is 0 Å². The maximum Gasteiger partial charge on any atom is 0.198 e. The van der Waals surface area contributed by atoms with E-state index in [9.17, 15) is 5.11 Å². The van der Waals surface area contributed by atoms with E-state index < -0.39 is 0 Å². The van der Waals surface area contributed by atoms with Gasteiger partial charge in [0.25, 0.3) is 0 Å². The predicted octanol–water partition coefficient (Wildman–Crippen LogP) is 1.96. The molecule has 0 aliphatic rings. The summed E-state index contributed by atoms with van der Waals surface area (Å²) in [4.78, 5) is 2.10. The second kappa shape index (κ2) is 7.83. The van der Waals surface area contributed by atoms with Crippen molar-refractivity contribution < 1.29 is 5.11 Å². The Morgan fingerprint density at radius 2 is 2.30 bits per heavy atom. The minimum Gasteiger partial charge on any atom is -0.388 e. The second-order valence-corrected chi connectivity index (χ2v) is 5.53. The van der Waals surface area contributed by atoms with Crippen LogP contribution in [-0.2, 0) is 26.9 Å². The Bertz CT molecular complexity index is 786. The van der Waals surface area contributed by atoms with Gasteiger partial charge in [-0.25, -0.2) is 4.68 Å². The molecule has 0 bridgehead atoms. The van der Waals surface area contributed by atoms with E-state index >= 15 is 0 Å². The first kappa shape index (κ1) is 17.1. The molecule has 7 heteroatoms. The average Bonchev–Trinajstić information content (AvgIpc) is 2.83. The SMILES string of the molecule is C=CCN(Cc1cccc(C#N)c1)Cn1nc(CO)n(C)c1=S. The van der Waals surface area contributed by atoms with Gasteiger partial charge in [-0.15, -0.1) is 6.58 Å². The molecule has 0 unspecified atom stereocenters. The topological polar surface area (TPSA) is 70.0 Å². The highest BCUT2D eigenvalue weighted by atomic mass is 32.1. The summed E-state index contributed by atoms with van der Waals surface area (Å²) in [7, 11) is 1.78. The first-order valence-corrected chi connectivity index (χ1v) is 7.55. The van der Waals surface area contributed by atoms with Crippen LogP contribution in [-0.4, -0.2) is 30.9 Å². The number of aliphatic hydroxyl groups is 1. The van der Waals surface area contributed by atoms with Crippen molar-refractivity contribution in [3.05, 3.63) is 58.6 Å². The van der Waals surface area contributed by atoms with Crippen LogP contribution in [0.15, 0.2) is 36.9 Å². The number of benzene rings is 1. The van der Waals surface area contributed by atoms with Gasteiger partial charge in [-0.2, -0.15) is 10.4 Å². The van der Waals surface area contributed by atoms with Crippen LogP contribution in [0.4, 0.5) is 0 Å². The van der Waals surface area contributed by atoms with Crippen LogP contribution in [0.2, 0.25) is 0 Å². The predicted molar refractivity (Wildman–Crippen MR) is 89.7 cm³/mol. The summed E-state index contributed by atoms with van der Waals surface area (Å²) in [5.41, 5.74) is 1.67. The molecular weight excluding hydrogens is 310 g/mol. The fourth-order valence-electron chi connectivity index (χ4n) is 2.30. The van der Waals surface area contributed by atoms with E-state index in [4.69, 9.17) is 17.5 Å². The van der Waals surface area contributed by atoms with Crippen LogP contribution in [0.1, 0.15) is 17.0 Å². The summed E-state index contributed by atoms with van der Waals surface area (Å²) in [5.74, 6) is 0.528. The van der Waals surface area contributed by atoms with E-state index in [-0.39, 0.29) is 6.61 Å². The molecule has 2 aromatic rings. The van der Waals surface area contributed by atoms with Crippen molar-refractivity contribution in [1.29, 1.82) is 5.26 Å². The molecule has 0 atom stereocenters. The summed E-state index contributed by atoms with van der Waals surface area (Å²) >= 11 is 5.34. The van der Waals surface area contributed by atoms with Crippen LogP contribution in [0.25, 0.3) is 0 Å². The van der Waals surface area contributed by atoms with Gasteiger partial charge in [-0.05, 0) is 29.9 Å². The minimum atomic E-state index is -0.154. The number of nitrogens with zero attached hydrogens (tertiary/aromatic N) is 5. The smallest absolute Gasteiger partial charge is 0.198 e. The average molecular weight is 329 g/mol. The molecular formula is C16H19N5OS.